The van der Waals surface area contributed by atoms with Crippen molar-refractivity contribution in [3.05, 3.63) is 64.1 Å². The molecule has 0 saturated carbocycles. The van der Waals surface area contributed by atoms with Crippen LogP contribution in [-0.2, 0) is 11.3 Å². The van der Waals surface area contributed by atoms with Gasteiger partial charge < -0.3 is 9.84 Å². The Morgan fingerprint density at radius 1 is 1.24 bits per heavy atom. The molecule has 0 atom stereocenters. The van der Waals surface area contributed by atoms with Crippen molar-refractivity contribution in [2.24, 2.45) is 0 Å². The van der Waals surface area contributed by atoms with Gasteiger partial charge in [0.05, 0.1) is 18.6 Å². The van der Waals surface area contributed by atoms with Crippen molar-refractivity contribution in [3.63, 3.8) is 0 Å². The smallest absolute Gasteiger partial charge is 0.266 e. The predicted molar refractivity (Wildman–Crippen MR) is 105 cm³/mol. The molecule has 0 unspecified atom stereocenters. The number of hydrogen-bond acceptors (Lipinski definition) is 5. The molecule has 0 radical (unpaired) electrons. The zero-order chi connectivity index (χ0) is 18.0. The van der Waals surface area contributed by atoms with Gasteiger partial charge >= 0.3 is 0 Å². The summed E-state index contributed by atoms with van der Waals surface area (Å²) in [6.07, 6.45) is 1.73. The number of nitrogens with zero attached hydrogens (tertiary/aromatic N) is 1. The van der Waals surface area contributed by atoms with Crippen LogP contribution in [0.15, 0.2) is 47.4 Å². The number of amides is 1. The van der Waals surface area contributed by atoms with Crippen molar-refractivity contribution in [2.75, 3.05) is 7.11 Å². The zero-order valence-corrected chi connectivity index (χ0v) is 15.5. The molecule has 1 heterocycles. The van der Waals surface area contributed by atoms with Crippen molar-refractivity contribution in [1.29, 1.82) is 0 Å². The Hall–Kier alpha value is -2.31. The summed E-state index contributed by atoms with van der Waals surface area (Å²) < 4.78 is 5.56. The fourth-order valence-corrected chi connectivity index (χ4v) is 3.72. The van der Waals surface area contributed by atoms with Gasteiger partial charge in [0.2, 0.25) is 0 Å². The van der Waals surface area contributed by atoms with Crippen LogP contribution < -0.4 is 4.74 Å². The summed E-state index contributed by atoms with van der Waals surface area (Å²) in [6, 6.07) is 13.0. The number of thiocarbonyl (C=S) groups is 1. The van der Waals surface area contributed by atoms with Crippen LogP contribution in [0, 0.1) is 6.92 Å². The molecule has 1 fully saturated rings. The Kier molecular flexibility index (Phi) is 5.11. The van der Waals surface area contributed by atoms with E-state index in [1.807, 2.05) is 31.2 Å². The highest BCUT2D eigenvalue weighted by molar-refractivity contribution is 8.26. The number of aryl methyl sites for hydroxylation is 1. The molecule has 1 aliphatic rings. The second kappa shape index (κ2) is 7.29. The molecule has 6 heteroatoms. The molecule has 0 aromatic heterocycles. The maximum absolute atomic E-state index is 12.7. The van der Waals surface area contributed by atoms with Gasteiger partial charge in [-0.15, -0.1) is 0 Å². The van der Waals surface area contributed by atoms with Crippen LogP contribution in [0.5, 0.6) is 11.5 Å². The second-order valence-corrected chi connectivity index (χ2v) is 7.36. The molecule has 0 aliphatic carbocycles. The van der Waals surface area contributed by atoms with E-state index in [4.69, 9.17) is 17.0 Å². The number of carbonyl (C=O) groups is 1. The zero-order valence-electron chi connectivity index (χ0n) is 13.9. The molecule has 1 N–H and O–H groups in total. The van der Waals surface area contributed by atoms with Crippen LogP contribution >= 0.6 is 24.0 Å². The molecule has 0 spiro atoms. The van der Waals surface area contributed by atoms with Gasteiger partial charge in [0.1, 0.15) is 4.32 Å². The predicted octanol–water partition coefficient (Wildman–Crippen LogP) is 4.11. The van der Waals surface area contributed by atoms with Gasteiger partial charge in [0, 0.05) is 0 Å². The Labute approximate surface area is 156 Å². The average molecular weight is 371 g/mol. The first-order valence-electron chi connectivity index (χ1n) is 7.66. The van der Waals surface area contributed by atoms with Crippen molar-refractivity contribution in [2.45, 2.75) is 13.5 Å². The van der Waals surface area contributed by atoms with Crippen molar-refractivity contribution in [1.82, 2.24) is 4.90 Å². The normalized spacial score (nSPS) is 15.9. The fraction of sp³-hybridized carbons (Fsp3) is 0.158. The largest absolute Gasteiger partial charge is 0.504 e. The first-order chi connectivity index (χ1) is 12.0. The van der Waals surface area contributed by atoms with E-state index in [-0.39, 0.29) is 11.7 Å². The van der Waals surface area contributed by atoms with Crippen LogP contribution in [0.1, 0.15) is 16.7 Å². The van der Waals surface area contributed by atoms with E-state index in [1.165, 1.54) is 24.4 Å². The maximum atomic E-state index is 12.7. The topological polar surface area (TPSA) is 49.8 Å². The lowest BCUT2D eigenvalue weighted by molar-refractivity contribution is -0.122. The third kappa shape index (κ3) is 3.86. The molecule has 3 rings (SSSR count). The highest BCUT2D eigenvalue weighted by Crippen LogP contribution is 2.35. The molecular formula is C19H17NO3S2. The van der Waals surface area contributed by atoms with Crippen LogP contribution in [0.3, 0.4) is 0 Å². The van der Waals surface area contributed by atoms with E-state index in [9.17, 15) is 9.90 Å². The van der Waals surface area contributed by atoms with Gasteiger partial charge in [-0.1, -0.05) is 59.9 Å². The minimum Gasteiger partial charge on any atom is -0.504 e. The van der Waals surface area contributed by atoms with Gasteiger partial charge in [-0.2, -0.15) is 0 Å². The minimum absolute atomic E-state index is 0.0337. The molecule has 2 aromatic carbocycles. The number of aromatic hydroxyl groups is 1. The summed E-state index contributed by atoms with van der Waals surface area (Å²) in [7, 11) is 1.49. The van der Waals surface area contributed by atoms with Gasteiger partial charge in [-0.3, -0.25) is 9.69 Å². The van der Waals surface area contributed by atoms with Crippen LogP contribution in [0.2, 0.25) is 0 Å². The third-order valence-corrected chi connectivity index (χ3v) is 5.21. The summed E-state index contributed by atoms with van der Waals surface area (Å²) in [6.45, 7) is 2.48. The lowest BCUT2D eigenvalue weighted by Crippen LogP contribution is -2.27. The molecular weight excluding hydrogens is 354 g/mol. The molecule has 128 valence electrons. The number of phenols is 1. The molecule has 25 heavy (non-hydrogen) atoms. The first kappa shape index (κ1) is 17.5. The molecule has 1 amide bonds. The molecule has 1 saturated heterocycles. The monoisotopic (exact) mass is 371 g/mol. The standard InChI is InChI=1S/C19H17NO3S2/c1-12-3-5-13(6-4-12)11-20-18(22)17(25-19(20)24)10-14-7-8-16(23-2)15(21)9-14/h3-10,21H,11H2,1-2H3. The Bertz CT molecular complexity index is 859. The summed E-state index contributed by atoms with van der Waals surface area (Å²) in [5.41, 5.74) is 2.92. The highest BCUT2D eigenvalue weighted by Gasteiger charge is 2.31. The summed E-state index contributed by atoms with van der Waals surface area (Å²) in [5.74, 6) is 0.307. The molecule has 2 aromatic rings. The number of hydrogen-bond donors (Lipinski definition) is 1. The summed E-state index contributed by atoms with van der Waals surface area (Å²) >= 11 is 6.63. The van der Waals surface area contributed by atoms with Crippen molar-refractivity contribution < 1.29 is 14.6 Å². The highest BCUT2D eigenvalue weighted by atomic mass is 32.2. The molecule has 0 bridgehead atoms. The van der Waals surface area contributed by atoms with Gasteiger partial charge in [-0.25, -0.2) is 0 Å². The summed E-state index contributed by atoms with van der Waals surface area (Å²) in [4.78, 5) is 14.8. The van der Waals surface area contributed by atoms with Crippen molar-refractivity contribution >= 4 is 40.3 Å². The lowest BCUT2D eigenvalue weighted by atomic mass is 10.1. The quantitative estimate of drug-likeness (QED) is 0.647. The molecule has 1 aliphatic heterocycles. The number of ether oxygens (including phenoxy) is 1. The van der Waals surface area contributed by atoms with E-state index in [0.29, 0.717) is 27.1 Å². The number of methoxy groups -OCH3 is 1. The lowest BCUT2D eigenvalue weighted by Gasteiger charge is -2.14. The average Bonchev–Trinajstić information content (AvgIpc) is 2.84. The second-order valence-electron chi connectivity index (χ2n) is 5.68. The number of thioether (sulfide) groups is 1. The van der Waals surface area contributed by atoms with Crippen LogP contribution in [-0.4, -0.2) is 27.3 Å². The van der Waals surface area contributed by atoms with Crippen LogP contribution in [0.25, 0.3) is 6.08 Å². The van der Waals surface area contributed by atoms with E-state index in [0.717, 1.165) is 5.56 Å². The van der Waals surface area contributed by atoms with Crippen molar-refractivity contribution in [3.8, 4) is 11.5 Å². The Balaban J connectivity index is 1.80. The van der Waals surface area contributed by atoms with E-state index < -0.39 is 0 Å². The number of rotatable bonds is 4. The number of benzene rings is 2. The van der Waals surface area contributed by atoms with E-state index in [2.05, 4.69) is 0 Å². The first-order valence-corrected chi connectivity index (χ1v) is 8.88. The fourth-order valence-electron chi connectivity index (χ4n) is 2.46. The van der Waals surface area contributed by atoms with E-state index >= 15 is 0 Å². The summed E-state index contributed by atoms with van der Waals surface area (Å²) in [5, 5.41) is 9.87. The minimum atomic E-state index is -0.120. The number of carbonyl (C=O) groups excluding carboxylic acids is 1. The maximum Gasteiger partial charge on any atom is 0.266 e. The van der Waals surface area contributed by atoms with E-state index in [1.54, 1.807) is 29.2 Å². The third-order valence-electron chi connectivity index (χ3n) is 3.84. The van der Waals surface area contributed by atoms with Crippen LogP contribution in [0.4, 0.5) is 0 Å². The van der Waals surface area contributed by atoms with Gasteiger partial charge in [0.15, 0.2) is 11.5 Å². The Morgan fingerprint density at radius 3 is 2.60 bits per heavy atom. The molecule has 4 nitrogen and oxygen atoms in total. The Morgan fingerprint density at radius 2 is 1.96 bits per heavy atom. The van der Waals surface area contributed by atoms with Gasteiger partial charge in [0.25, 0.3) is 5.91 Å². The SMILES string of the molecule is COc1ccc(C=C2SC(=S)N(Cc3ccc(C)cc3)C2=O)cc1O. The van der Waals surface area contributed by atoms with Gasteiger partial charge in [-0.05, 0) is 36.3 Å². The number of phenolic OH excluding ortho intramolecular Hbond substituents is 1.